The van der Waals surface area contributed by atoms with E-state index in [9.17, 15) is 4.57 Å². The number of nitrogens with zero attached hydrogens (tertiary/aromatic N) is 1. The van der Waals surface area contributed by atoms with Crippen LogP contribution in [0.4, 0.5) is 5.69 Å². The van der Waals surface area contributed by atoms with Crippen LogP contribution in [-0.2, 0) is 9.09 Å². The van der Waals surface area contributed by atoms with Gasteiger partial charge < -0.3 is 9.19 Å². The standard InChI is InChI=1S/C9H14NO2P/c1-10(13(3,11)12-2)9-7-5-4-6-8-9/h4-8H,1-3H3. The fourth-order valence-corrected chi connectivity index (χ4v) is 1.77. The van der Waals surface area contributed by atoms with Gasteiger partial charge in [0.25, 0.3) is 7.52 Å². The lowest BCUT2D eigenvalue weighted by molar-refractivity contribution is 0.397. The van der Waals surface area contributed by atoms with Crippen molar-refractivity contribution in [3.8, 4) is 0 Å². The van der Waals surface area contributed by atoms with Crippen LogP contribution in [0.25, 0.3) is 0 Å². The largest absolute Gasteiger partial charge is 0.317 e. The molecule has 0 bridgehead atoms. The Kier molecular flexibility index (Phi) is 3.12. The summed E-state index contributed by atoms with van der Waals surface area (Å²) in [6.07, 6.45) is 0. The Hall–Kier alpha value is -0.790. The second-order valence-electron chi connectivity index (χ2n) is 2.84. The zero-order valence-corrected chi connectivity index (χ0v) is 8.99. The first-order valence-electron chi connectivity index (χ1n) is 4.00. The Balaban J connectivity index is 2.92. The summed E-state index contributed by atoms with van der Waals surface area (Å²) in [5.74, 6) is 0. The molecule has 1 atom stereocenters. The third-order valence-electron chi connectivity index (χ3n) is 2.01. The van der Waals surface area contributed by atoms with Gasteiger partial charge in [0, 0.05) is 26.5 Å². The number of anilines is 1. The van der Waals surface area contributed by atoms with Crippen molar-refractivity contribution in [1.82, 2.24) is 0 Å². The zero-order chi connectivity index (χ0) is 9.90. The second kappa shape index (κ2) is 3.95. The van der Waals surface area contributed by atoms with E-state index in [0.29, 0.717) is 0 Å². The van der Waals surface area contributed by atoms with E-state index < -0.39 is 7.52 Å². The molecular weight excluding hydrogens is 185 g/mol. The molecule has 0 aliphatic heterocycles. The van der Waals surface area contributed by atoms with Crippen molar-refractivity contribution in [2.24, 2.45) is 0 Å². The minimum absolute atomic E-state index is 0.898. The van der Waals surface area contributed by atoms with Crippen molar-refractivity contribution < 1.29 is 9.09 Å². The van der Waals surface area contributed by atoms with Crippen LogP contribution >= 0.6 is 7.52 Å². The summed E-state index contributed by atoms with van der Waals surface area (Å²) in [5, 5.41) is 0. The van der Waals surface area contributed by atoms with Gasteiger partial charge in [-0.15, -0.1) is 0 Å². The molecule has 0 fully saturated rings. The molecule has 0 saturated carbocycles. The van der Waals surface area contributed by atoms with Crippen LogP contribution in [0.15, 0.2) is 30.3 Å². The van der Waals surface area contributed by atoms with Crippen LogP contribution in [0.3, 0.4) is 0 Å². The van der Waals surface area contributed by atoms with Crippen LogP contribution in [0.5, 0.6) is 0 Å². The van der Waals surface area contributed by atoms with E-state index in [1.807, 2.05) is 30.3 Å². The Morgan fingerprint density at radius 1 is 1.31 bits per heavy atom. The molecule has 13 heavy (non-hydrogen) atoms. The van der Waals surface area contributed by atoms with Gasteiger partial charge in [0.2, 0.25) is 0 Å². The van der Waals surface area contributed by atoms with E-state index in [1.165, 1.54) is 7.11 Å². The molecule has 0 heterocycles. The molecule has 0 spiro atoms. The maximum Gasteiger partial charge on any atom is 0.292 e. The fraction of sp³-hybridized carbons (Fsp3) is 0.333. The van der Waals surface area contributed by atoms with Gasteiger partial charge >= 0.3 is 0 Å². The highest BCUT2D eigenvalue weighted by molar-refractivity contribution is 7.59. The smallest absolute Gasteiger partial charge is 0.292 e. The Bertz CT molecular complexity index is 313. The summed E-state index contributed by atoms with van der Waals surface area (Å²) in [4.78, 5) is 0. The lowest BCUT2D eigenvalue weighted by Crippen LogP contribution is -2.13. The Labute approximate surface area is 78.8 Å². The molecular formula is C9H14NO2P. The highest BCUT2D eigenvalue weighted by Gasteiger charge is 2.20. The average Bonchev–Trinajstić information content (AvgIpc) is 2.18. The first kappa shape index (κ1) is 10.3. The highest BCUT2D eigenvalue weighted by Crippen LogP contribution is 2.47. The van der Waals surface area contributed by atoms with Crippen LogP contribution in [0.1, 0.15) is 0 Å². The van der Waals surface area contributed by atoms with E-state index in [2.05, 4.69) is 0 Å². The molecule has 0 amide bonds. The molecule has 1 unspecified atom stereocenters. The predicted octanol–water partition coefficient (Wildman–Crippen LogP) is 2.59. The summed E-state index contributed by atoms with van der Waals surface area (Å²) < 4.78 is 18.4. The third kappa shape index (κ3) is 2.33. The van der Waals surface area contributed by atoms with Crippen LogP contribution in [0, 0.1) is 0 Å². The molecule has 3 nitrogen and oxygen atoms in total. The predicted molar refractivity (Wildman–Crippen MR) is 55.4 cm³/mol. The van der Waals surface area contributed by atoms with Crippen LogP contribution in [0.2, 0.25) is 0 Å². The summed E-state index contributed by atoms with van der Waals surface area (Å²) >= 11 is 0. The quantitative estimate of drug-likeness (QED) is 0.701. The number of hydrogen-bond donors (Lipinski definition) is 0. The van der Waals surface area contributed by atoms with Gasteiger partial charge in [0.1, 0.15) is 0 Å². The van der Waals surface area contributed by atoms with Gasteiger partial charge in [-0.1, -0.05) is 18.2 Å². The highest BCUT2D eigenvalue weighted by atomic mass is 31.2. The molecule has 0 N–H and O–H groups in total. The molecule has 72 valence electrons. The summed E-state index contributed by atoms with van der Waals surface area (Å²) in [6.45, 7) is 1.60. The van der Waals surface area contributed by atoms with E-state index in [1.54, 1.807) is 18.4 Å². The molecule has 0 aliphatic carbocycles. The van der Waals surface area contributed by atoms with Gasteiger partial charge in [0.15, 0.2) is 0 Å². The fourth-order valence-electron chi connectivity index (χ4n) is 0.976. The lowest BCUT2D eigenvalue weighted by Gasteiger charge is -2.24. The molecule has 0 radical (unpaired) electrons. The summed E-state index contributed by atoms with van der Waals surface area (Å²) in [7, 11) is 0.569. The molecule has 1 aromatic carbocycles. The molecule has 0 aromatic heterocycles. The van der Waals surface area contributed by atoms with Crippen molar-refractivity contribution in [2.45, 2.75) is 0 Å². The Morgan fingerprint density at radius 3 is 2.31 bits per heavy atom. The van der Waals surface area contributed by atoms with Gasteiger partial charge in [-0.3, -0.25) is 4.57 Å². The van der Waals surface area contributed by atoms with E-state index in [4.69, 9.17) is 4.52 Å². The average molecular weight is 199 g/mol. The Morgan fingerprint density at radius 2 is 1.85 bits per heavy atom. The summed E-state index contributed by atoms with van der Waals surface area (Å²) in [6, 6.07) is 9.53. The maximum absolute atomic E-state index is 11.8. The van der Waals surface area contributed by atoms with Crippen molar-refractivity contribution in [1.29, 1.82) is 0 Å². The van der Waals surface area contributed by atoms with Gasteiger partial charge in [-0.2, -0.15) is 0 Å². The molecule has 0 saturated heterocycles. The third-order valence-corrected chi connectivity index (χ3v) is 4.01. The van der Waals surface area contributed by atoms with E-state index in [-0.39, 0.29) is 0 Å². The first-order chi connectivity index (χ1) is 6.08. The monoisotopic (exact) mass is 199 g/mol. The second-order valence-corrected chi connectivity index (χ2v) is 5.42. The van der Waals surface area contributed by atoms with Crippen molar-refractivity contribution >= 4 is 13.2 Å². The molecule has 1 aromatic rings. The van der Waals surface area contributed by atoms with E-state index in [0.717, 1.165) is 5.69 Å². The van der Waals surface area contributed by atoms with Crippen molar-refractivity contribution in [2.75, 3.05) is 25.5 Å². The van der Waals surface area contributed by atoms with Gasteiger partial charge in [-0.05, 0) is 12.1 Å². The summed E-state index contributed by atoms with van der Waals surface area (Å²) in [5.41, 5.74) is 0.898. The maximum atomic E-state index is 11.8. The van der Waals surface area contributed by atoms with Crippen molar-refractivity contribution in [3.63, 3.8) is 0 Å². The first-order valence-corrected chi connectivity index (χ1v) is 6.03. The number of benzene rings is 1. The SMILES string of the molecule is COP(C)(=O)N(C)c1ccccc1. The normalized spacial score (nSPS) is 15.0. The topological polar surface area (TPSA) is 29.5 Å². The van der Waals surface area contributed by atoms with Crippen LogP contribution in [-0.4, -0.2) is 20.8 Å². The van der Waals surface area contributed by atoms with Crippen LogP contribution < -0.4 is 4.67 Å². The molecule has 1 rings (SSSR count). The minimum Gasteiger partial charge on any atom is -0.317 e. The van der Waals surface area contributed by atoms with Gasteiger partial charge in [-0.25, -0.2) is 0 Å². The molecule has 0 aliphatic rings. The molecule has 4 heteroatoms. The van der Waals surface area contributed by atoms with Crippen molar-refractivity contribution in [3.05, 3.63) is 30.3 Å². The number of hydrogen-bond acceptors (Lipinski definition) is 2. The van der Waals surface area contributed by atoms with E-state index >= 15 is 0 Å². The lowest BCUT2D eigenvalue weighted by atomic mass is 10.3. The number of para-hydroxylation sites is 1. The van der Waals surface area contributed by atoms with Gasteiger partial charge in [0.05, 0.1) is 0 Å². The number of rotatable bonds is 3. The minimum atomic E-state index is -2.65. The zero-order valence-electron chi connectivity index (χ0n) is 8.10.